The van der Waals surface area contributed by atoms with E-state index in [9.17, 15) is 4.79 Å². The Morgan fingerprint density at radius 1 is 1.42 bits per heavy atom. The van der Waals surface area contributed by atoms with Crippen molar-refractivity contribution in [2.75, 3.05) is 25.3 Å². The van der Waals surface area contributed by atoms with Crippen LogP contribution in [0.25, 0.3) is 11.3 Å². The van der Waals surface area contributed by atoms with Crippen LogP contribution < -0.4 is 5.32 Å². The van der Waals surface area contributed by atoms with Crippen LogP contribution in [0.15, 0.2) is 34.5 Å². The van der Waals surface area contributed by atoms with E-state index in [0.717, 1.165) is 11.3 Å². The first-order chi connectivity index (χ1) is 9.22. The van der Waals surface area contributed by atoms with Gasteiger partial charge in [-0.2, -0.15) is 0 Å². The first kappa shape index (κ1) is 14.0. The number of thioether (sulfide) groups is 1. The molecule has 0 atom stereocenters. The smallest absolute Gasteiger partial charge is 0.252 e. The lowest BCUT2D eigenvalue weighted by molar-refractivity contribution is -0.119. The molecule has 1 heterocycles. The van der Waals surface area contributed by atoms with Crippen LogP contribution in [0.2, 0.25) is 0 Å². The normalized spacial score (nSPS) is 10.4. The molecular weight excluding hydrogens is 280 g/mol. The number of methoxy groups -OCH3 is 1. The first-order valence-electron chi connectivity index (χ1n) is 5.61. The number of nitrogens with zero attached hydrogens (tertiary/aromatic N) is 1. The Morgan fingerprint density at radius 3 is 2.79 bits per heavy atom. The average molecular weight is 294 g/mol. The molecule has 0 saturated carbocycles. The SMILES string of the molecule is COCC(=O)Nc1nc(-c2ccc(SC)cc2)cs1. The van der Waals surface area contributed by atoms with Crippen LogP contribution in [0.3, 0.4) is 0 Å². The second kappa shape index (κ2) is 6.70. The second-order valence-corrected chi connectivity index (χ2v) is 5.49. The van der Waals surface area contributed by atoms with Crippen LogP contribution in [0.5, 0.6) is 0 Å². The van der Waals surface area contributed by atoms with Crippen LogP contribution in [-0.4, -0.2) is 30.9 Å². The van der Waals surface area contributed by atoms with Gasteiger partial charge in [0.25, 0.3) is 5.91 Å². The van der Waals surface area contributed by atoms with Crippen LogP contribution in [0, 0.1) is 0 Å². The predicted octanol–water partition coefficient (Wildman–Crippen LogP) is 3.12. The molecule has 0 saturated heterocycles. The summed E-state index contributed by atoms with van der Waals surface area (Å²) in [4.78, 5) is 17.0. The van der Waals surface area contributed by atoms with Gasteiger partial charge in [-0.25, -0.2) is 4.98 Å². The quantitative estimate of drug-likeness (QED) is 0.861. The number of hydrogen-bond acceptors (Lipinski definition) is 5. The van der Waals surface area contributed by atoms with E-state index in [2.05, 4.69) is 22.4 Å². The van der Waals surface area contributed by atoms with Gasteiger partial charge in [0.1, 0.15) is 6.61 Å². The molecule has 0 aliphatic heterocycles. The summed E-state index contributed by atoms with van der Waals surface area (Å²) in [5.74, 6) is -0.193. The maximum atomic E-state index is 11.4. The summed E-state index contributed by atoms with van der Waals surface area (Å²) in [7, 11) is 1.49. The van der Waals surface area contributed by atoms with Gasteiger partial charge in [-0.1, -0.05) is 12.1 Å². The number of carbonyl (C=O) groups excluding carboxylic acids is 1. The van der Waals surface area contributed by atoms with Gasteiger partial charge in [0, 0.05) is 22.9 Å². The molecule has 4 nitrogen and oxygen atoms in total. The maximum absolute atomic E-state index is 11.4. The van der Waals surface area contributed by atoms with Crippen LogP contribution in [-0.2, 0) is 9.53 Å². The molecule has 19 heavy (non-hydrogen) atoms. The summed E-state index contributed by atoms with van der Waals surface area (Å²) in [6.45, 7) is 0.0390. The van der Waals surface area contributed by atoms with Crippen molar-refractivity contribution in [3.63, 3.8) is 0 Å². The Kier molecular flexibility index (Phi) is 4.95. The molecule has 0 spiro atoms. The molecule has 0 radical (unpaired) electrons. The molecule has 0 aliphatic rings. The molecule has 0 aliphatic carbocycles. The van der Waals surface area contributed by atoms with Crippen LogP contribution in [0.4, 0.5) is 5.13 Å². The highest BCUT2D eigenvalue weighted by Gasteiger charge is 2.07. The van der Waals surface area contributed by atoms with Crippen LogP contribution >= 0.6 is 23.1 Å². The molecule has 6 heteroatoms. The van der Waals surface area contributed by atoms with Gasteiger partial charge in [-0.3, -0.25) is 10.1 Å². The average Bonchev–Trinajstić information content (AvgIpc) is 2.87. The Morgan fingerprint density at radius 2 is 2.16 bits per heavy atom. The number of benzene rings is 1. The standard InChI is InChI=1S/C13H14N2O2S2/c1-17-7-12(16)15-13-14-11(8-19-13)9-3-5-10(18-2)6-4-9/h3-6,8H,7H2,1-2H3,(H,14,15,16). The first-order valence-corrected chi connectivity index (χ1v) is 7.72. The summed E-state index contributed by atoms with van der Waals surface area (Å²) < 4.78 is 4.76. The highest BCUT2D eigenvalue weighted by Crippen LogP contribution is 2.26. The third-order valence-electron chi connectivity index (χ3n) is 2.41. The minimum absolute atomic E-state index is 0.0390. The Labute approximate surface area is 120 Å². The van der Waals surface area contributed by atoms with E-state index in [1.165, 1.54) is 23.3 Å². The third kappa shape index (κ3) is 3.79. The van der Waals surface area contributed by atoms with E-state index in [-0.39, 0.29) is 12.5 Å². The van der Waals surface area contributed by atoms with Crippen molar-refractivity contribution in [2.24, 2.45) is 0 Å². The fraction of sp³-hybridized carbons (Fsp3) is 0.231. The molecule has 100 valence electrons. The van der Waals surface area contributed by atoms with E-state index >= 15 is 0 Å². The van der Waals surface area contributed by atoms with Gasteiger partial charge in [0.15, 0.2) is 5.13 Å². The van der Waals surface area contributed by atoms with Crippen molar-refractivity contribution in [1.82, 2.24) is 4.98 Å². The van der Waals surface area contributed by atoms with Crippen molar-refractivity contribution >= 4 is 34.1 Å². The van der Waals surface area contributed by atoms with E-state index < -0.39 is 0 Å². The topological polar surface area (TPSA) is 51.2 Å². The lowest BCUT2D eigenvalue weighted by atomic mass is 10.2. The van der Waals surface area contributed by atoms with Gasteiger partial charge in [-0.05, 0) is 18.4 Å². The molecule has 2 aromatic rings. The van der Waals surface area contributed by atoms with E-state index in [1.807, 2.05) is 23.8 Å². The minimum atomic E-state index is -0.193. The van der Waals surface area contributed by atoms with E-state index in [1.54, 1.807) is 11.8 Å². The number of anilines is 1. The van der Waals surface area contributed by atoms with E-state index in [4.69, 9.17) is 4.74 Å². The number of aromatic nitrogens is 1. The zero-order valence-corrected chi connectivity index (χ0v) is 12.3. The largest absolute Gasteiger partial charge is 0.375 e. The molecule has 1 amide bonds. The molecule has 0 unspecified atom stereocenters. The molecule has 1 aromatic heterocycles. The number of amides is 1. The predicted molar refractivity (Wildman–Crippen MR) is 79.8 cm³/mol. The minimum Gasteiger partial charge on any atom is -0.375 e. The highest BCUT2D eigenvalue weighted by atomic mass is 32.2. The van der Waals surface area contributed by atoms with Gasteiger partial charge in [0.05, 0.1) is 5.69 Å². The number of carbonyl (C=O) groups is 1. The third-order valence-corrected chi connectivity index (χ3v) is 3.91. The molecule has 1 N–H and O–H groups in total. The molecular formula is C13H14N2O2S2. The molecule has 1 aromatic carbocycles. The van der Waals surface area contributed by atoms with Crippen molar-refractivity contribution in [1.29, 1.82) is 0 Å². The molecule has 0 fully saturated rings. The maximum Gasteiger partial charge on any atom is 0.252 e. The lowest BCUT2D eigenvalue weighted by Gasteiger charge is -2.00. The van der Waals surface area contributed by atoms with Crippen molar-refractivity contribution < 1.29 is 9.53 Å². The van der Waals surface area contributed by atoms with Crippen molar-refractivity contribution in [3.8, 4) is 11.3 Å². The van der Waals surface area contributed by atoms with Gasteiger partial charge < -0.3 is 4.74 Å². The summed E-state index contributed by atoms with van der Waals surface area (Å²) in [6, 6.07) is 8.17. The lowest BCUT2D eigenvalue weighted by Crippen LogP contribution is -2.16. The second-order valence-electron chi connectivity index (χ2n) is 3.75. The Hall–Kier alpha value is -1.37. The number of thiazole rings is 1. The molecule has 0 bridgehead atoms. The van der Waals surface area contributed by atoms with E-state index in [0.29, 0.717) is 5.13 Å². The fourth-order valence-electron chi connectivity index (χ4n) is 1.51. The van der Waals surface area contributed by atoms with Gasteiger partial charge in [0.2, 0.25) is 0 Å². The fourth-order valence-corrected chi connectivity index (χ4v) is 2.66. The summed E-state index contributed by atoms with van der Waals surface area (Å²) in [5.41, 5.74) is 1.91. The zero-order valence-electron chi connectivity index (χ0n) is 10.7. The number of nitrogens with one attached hydrogen (secondary N) is 1. The van der Waals surface area contributed by atoms with Gasteiger partial charge in [-0.15, -0.1) is 23.1 Å². The number of ether oxygens (including phenoxy) is 1. The van der Waals surface area contributed by atoms with Crippen molar-refractivity contribution in [2.45, 2.75) is 4.90 Å². The highest BCUT2D eigenvalue weighted by molar-refractivity contribution is 7.98. The van der Waals surface area contributed by atoms with Crippen LogP contribution in [0.1, 0.15) is 0 Å². The zero-order chi connectivity index (χ0) is 13.7. The Balaban J connectivity index is 2.09. The van der Waals surface area contributed by atoms with Gasteiger partial charge >= 0.3 is 0 Å². The van der Waals surface area contributed by atoms with Crippen molar-refractivity contribution in [3.05, 3.63) is 29.6 Å². The number of hydrogen-bond donors (Lipinski definition) is 1. The summed E-state index contributed by atoms with van der Waals surface area (Å²) in [6.07, 6.45) is 2.04. The summed E-state index contributed by atoms with van der Waals surface area (Å²) in [5, 5.41) is 5.21. The Bertz CT molecular complexity index is 552. The number of rotatable bonds is 5. The monoisotopic (exact) mass is 294 g/mol. The summed E-state index contributed by atoms with van der Waals surface area (Å²) >= 11 is 3.11. The molecule has 2 rings (SSSR count).